The van der Waals surface area contributed by atoms with E-state index in [1.165, 1.54) is 17.3 Å². The summed E-state index contributed by atoms with van der Waals surface area (Å²) < 4.78 is 0. The van der Waals surface area contributed by atoms with Crippen LogP contribution in [0.3, 0.4) is 0 Å². The van der Waals surface area contributed by atoms with Crippen LogP contribution in [-0.4, -0.2) is 52.4 Å². The molecular formula is C25H26N6O2. The highest BCUT2D eigenvalue weighted by Crippen LogP contribution is 2.24. The van der Waals surface area contributed by atoms with Crippen molar-refractivity contribution in [3.8, 4) is 11.3 Å². The molecule has 2 aliphatic heterocycles. The van der Waals surface area contributed by atoms with Gasteiger partial charge in [-0.2, -0.15) is 0 Å². The van der Waals surface area contributed by atoms with Gasteiger partial charge in [-0.25, -0.2) is 9.97 Å². The highest BCUT2D eigenvalue weighted by molar-refractivity contribution is 5.97. The first-order valence-corrected chi connectivity index (χ1v) is 11.2. The SMILES string of the molecule is Nc1ncc(-c2cccc(C(=O)N3CCc4ccccc4C3)c2)nc1C(=O)N[C@H]1CCNC1. The number of nitrogens with zero attached hydrogens (tertiary/aromatic N) is 3. The van der Waals surface area contributed by atoms with Gasteiger partial charge in [0.2, 0.25) is 0 Å². The third-order valence-corrected chi connectivity index (χ3v) is 6.23. The first kappa shape index (κ1) is 21.1. The summed E-state index contributed by atoms with van der Waals surface area (Å²) in [6.45, 7) is 2.88. The van der Waals surface area contributed by atoms with Gasteiger partial charge in [-0.3, -0.25) is 9.59 Å². The summed E-state index contributed by atoms with van der Waals surface area (Å²) in [4.78, 5) is 36.5. The summed E-state index contributed by atoms with van der Waals surface area (Å²) in [5, 5.41) is 6.16. The predicted molar refractivity (Wildman–Crippen MR) is 126 cm³/mol. The van der Waals surface area contributed by atoms with Crippen molar-refractivity contribution >= 4 is 17.6 Å². The molecule has 0 unspecified atom stereocenters. The number of nitrogens with two attached hydrogens (primary N) is 1. The highest BCUT2D eigenvalue weighted by atomic mass is 16.2. The number of fused-ring (bicyclic) bond motifs is 1. The van der Waals surface area contributed by atoms with Crippen LogP contribution in [0.5, 0.6) is 0 Å². The largest absolute Gasteiger partial charge is 0.382 e. The number of rotatable bonds is 4. The Morgan fingerprint density at radius 3 is 2.79 bits per heavy atom. The topological polar surface area (TPSA) is 113 Å². The van der Waals surface area contributed by atoms with Crippen molar-refractivity contribution in [3.63, 3.8) is 0 Å². The molecule has 1 saturated heterocycles. The van der Waals surface area contributed by atoms with Crippen molar-refractivity contribution in [1.29, 1.82) is 0 Å². The zero-order valence-electron chi connectivity index (χ0n) is 18.3. The van der Waals surface area contributed by atoms with E-state index in [0.717, 1.165) is 25.9 Å². The summed E-state index contributed by atoms with van der Waals surface area (Å²) in [5.41, 5.74) is 10.3. The van der Waals surface area contributed by atoms with Crippen molar-refractivity contribution < 1.29 is 9.59 Å². The van der Waals surface area contributed by atoms with Gasteiger partial charge < -0.3 is 21.3 Å². The van der Waals surface area contributed by atoms with E-state index >= 15 is 0 Å². The van der Waals surface area contributed by atoms with Crippen molar-refractivity contribution in [2.75, 3.05) is 25.4 Å². The summed E-state index contributed by atoms with van der Waals surface area (Å²) in [7, 11) is 0. The average molecular weight is 443 g/mol. The Morgan fingerprint density at radius 1 is 1.12 bits per heavy atom. The number of aromatic nitrogens is 2. The lowest BCUT2D eigenvalue weighted by Gasteiger charge is -2.29. The second kappa shape index (κ2) is 8.99. The molecular weight excluding hydrogens is 416 g/mol. The second-order valence-corrected chi connectivity index (χ2v) is 8.48. The number of carbonyl (C=O) groups is 2. The summed E-state index contributed by atoms with van der Waals surface area (Å²) in [5.74, 6) is -0.280. The molecule has 2 aromatic carbocycles. The summed E-state index contributed by atoms with van der Waals surface area (Å²) in [6.07, 6.45) is 3.24. The number of hydrogen-bond acceptors (Lipinski definition) is 6. The minimum atomic E-state index is -0.338. The van der Waals surface area contributed by atoms with Crippen LogP contribution < -0.4 is 16.4 Å². The van der Waals surface area contributed by atoms with E-state index < -0.39 is 0 Å². The van der Waals surface area contributed by atoms with E-state index in [1.807, 2.05) is 29.2 Å². The molecule has 0 saturated carbocycles. The Bertz CT molecular complexity index is 1210. The molecule has 0 spiro atoms. The van der Waals surface area contributed by atoms with Gasteiger partial charge in [0.15, 0.2) is 11.5 Å². The van der Waals surface area contributed by atoms with E-state index in [1.54, 1.807) is 12.1 Å². The van der Waals surface area contributed by atoms with Crippen LogP contribution in [0.25, 0.3) is 11.3 Å². The molecule has 33 heavy (non-hydrogen) atoms. The fourth-order valence-electron chi connectivity index (χ4n) is 4.40. The molecule has 3 aromatic rings. The zero-order valence-corrected chi connectivity index (χ0v) is 18.3. The number of carbonyl (C=O) groups excluding carboxylic acids is 2. The molecule has 1 aromatic heterocycles. The Labute approximate surface area is 192 Å². The fourth-order valence-corrected chi connectivity index (χ4v) is 4.40. The van der Waals surface area contributed by atoms with Crippen LogP contribution in [0.1, 0.15) is 38.4 Å². The molecule has 0 radical (unpaired) electrons. The third kappa shape index (κ3) is 4.42. The Balaban J connectivity index is 1.37. The van der Waals surface area contributed by atoms with Crippen molar-refractivity contribution in [1.82, 2.24) is 25.5 Å². The molecule has 8 nitrogen and oxygen atoms in total. The van der Waals surface area contributed by atoms with Crippen LogP contribution in [0.15, 0.2) is 54.7 Å². The van der Waals surface area contributed by atoms with Gasteiger partial charge >= 0.3 is 0 Å². The van der Waals surface area contributed by atoms with Crippen LogP contribution in [0, 0.1) is 0 Å². The fraction of sp³-hybridized carbons (Fsp3) is 0.280. The van der Waals surface area contributed by atoms with Crippen LogP contribution in [0.4, 0.5) is 5.82 Å². The van der Waals surface area contributed by atoms with Crippen LogP contribution >= 0.6 is 0 Å². The van der Waals surface area contributed by atoms with Gasteiger partial charge in [0, 0.05) is 36.8 Å². The molecule has 3 heterocycles. The lowest BCUT2D eigenvalue weighted by molar-refractivity contribution is 0.0734. The minimum Gasteiger partial charge on any atom is -0.382 e. The standard InChI is InChI=1S/C25H26N6O2/c26-23-22(24(32)29-20-8-10-27-13-20)30-21(14-28-23)17-6-3-7-18(12-17)25(33)31-11-9-16-4-1-2-5-19(16)15-31/h1-7,12,14,20,27H,8-11,13,15H2,(H2,26,28)(H,29,32)/t20-/m0/s1. The molecule has 0 aliphatic carbocycles. The molecule has 1 atom stereocenters. The maximum absolute atomic E-state index is 13.2. The summed E-state index contributed by atoms with van der Waals surface area (Å²) in [6, 6.07) is 15.6. The first-order valence-electron chi connectivity index (χ1n) is 11.2. The molecule has 5 rings (SSSR count). The van der Waals surface area contributed by atoms with Gasteiger partial charge in [0.1, 0.15) is 0 Å². The van der Waals surface area contributed by atoms with Crippen molar-refractivity contribution in [2.45, 2.75) is 25.4 Å². The minimum absolute atomic E-state index is 0.0264. The predicted octanol–water partition coefficient (Wildman–Crippen LogP) is 2.02. The van der Waals surface area contributed by atoms with Gasteiger partial charge in [-0.15, -0.1) is 0 Å². The molecule has 1 fully saturated rings. The van der Waals surface area contributed by atoms with Gasteiger partial charge in [-0.05, 0) is 42.6 Å². The molecule has 0 bridgehead atoms. The van der Waals surface area contributed by atoms with Gasteiger partial charge in [0.05, 0.1) is 11.9 Å². The second-order valence-electron chi connectivity index (χ2n) is 8.48. The van der Waals surface area contributed by atoms with E-state index in [9.17, 15) is 9.59 Å². The molecule has 2 aliphatic rings. The van der Waals surface area contributed by atoms with Crippen molar-refractivity contribution in [2.24, 2.45) is 0 Å². The third-order valence-electron chi connectivity index (χ3n) is 6.23. The molecule has 168 valence electrons. The lowest BCUT2D eigenvalue weighted by atomic mass is 9.99. The quantitative estimate of drug-likeness (QED) is 0.570. The Morgan fingerprint density at radius 2 is 1.97 bits per heavy atom. The number of nitrogens with one attached hydrogen (secondary N) is 2. The van der Waals surface area contributed by atoms with Gasteiger partial charge in [-0.1, -0.05) is 36.4 Å². The summed E-state index contributed by atoms with van der Waals surface area (Å²) >= 11 is 0. The number of nitrogen functional groups attached to an aromatic ring is 1. The van der Waals surface area contributed by atoms with Gasteiger partial charge in [0.25, 0.3) is 11.8 Å². The van der Waals surface area contributed by atoms with Crippen molar-refractivity contribution in [3.05, 3.63) is 77.1 Å². The van der Waals surface area contributed by atoms with E-state index in [4.69, 9.17) is 5.73 Å². The van der Waals surface area contributed by atoms with E-state index in [0.29, 0.717) is 29.9 Å². The first-order chi connectivity index (χ1) is 16.1. The maximum Gasteiger partial charge on any atom is 0.274 e. The lowest BCUT2D eigenvalue weighted by Crippen LogP contribution is -2.37. The monoisotopic (exact) mass is 442 g/mol. The zero-order chi connectivity index (χ0) is 22.8. The average Bonchev–Trinajstić information content (AvgIpc) is 3.36. The van der Waals surface area contributed by atoms with Crippen LogP contribution in [-0.2, 0) is 13.0 Å². The number of anilines is 1. The Hall–Kier alpha value is -3.78. The molecule has 2 amide bonds. The number of hydrogen-bond donors (Lipinski definition) is 3. The Kier molecular flexibility index (Phi) is 5.75. The van der Waals surface area contributed by atoms with E-state index in [2.05, 4.69) is 32.7 Å². The maximum atomic E-state index is 13.2. The number of amides is 2. The van der Waals surface area contributed by atoms with Crippen LogP contribution in [0.2, 0.25) is 0 Å². The smallest absolute Gasteiger partial charge is 0.274 e. The molecule has 4 N–H and O–H groups in total. The normalized spacial score (nSPS) is 17.5. The number of benzene rings is 2. The highest BCUT2D eigenvalue weighted by Gasteiger charge is 2.23. The molecule has 8 heteroatoms. The van der Waals surface area contributed by atoms with E-state index in [-0.39, 0.29) is 29.4 Å².